The van der Waals surface area contributed by atoms with Crippen LogP contribution in [-0.4, -0.2) is 52.6 Å². The molecule has 4 rings (SSSR count). The summed E-state index contributed by atoms with van der Waals surface area (Å²) in [4.78, 5) is 25.1. The topological polar surface area (TPSA) is 107 Å². The number of piperidine rings is 1. The van der Waals surface area contributed by atoms with Crippen molar-refractivity contribution in [3.8, 4) is 11.5 Å². The van der Waals surface area contributed by atoms with E-state index in [9.17, 15) is 9.59 Å². The number of carbonyl (C=O) groups excluding carboxylic acids is 2. The van der Waals surface area contributed by atoms with Gasteiger partial charge in [0.25, 0.3) is 0 Å². The SMILES string of the molecule is O=C1OCC2(CCN(C(=O)NCc3nnc(-c4ccccc4)o3)CC2)O1. The molecule has 2 aliphatic rings. The number of hydrogen-bond donors (Lipinski definition) is 1. The molecule has 1 aromatic heterocycles. The van der Waals surface area contributed by atoms with E-state index in [2.05, 4.69) is 15.5 Å². The molecule has 0 aliphatic carbocycles. The number of carbonyl (C=O) groups is 2. The number of amides is 2. The normalized spacial score (nSPS) is 18.5. The Labute approximate surface area is 149 Å². The number of ether oxygens (including phenoxy) is 2. The zero-order valence-corrected chi connectivity index (χ0v) is 14.0. The van der Waals surface area contributed by atoms with E-state index in [0.717, 1.165) is 5.56 Å². The smallest absolute Gasteiger partial charge is 0.430 e. The summed E-state index contributed by atoms with van der Waals surface area (Å²) in [5.74, 6) is 0.751. The van der Waals surface area contributed by atoms with Crippen LogP contribution < -0.4 is 5.32 Å². The van der Waals surface area contributed by atoms with Crippen LogP contribution in [0.1, 0.15) is 18.7 Å². The van der Waals surface area contributed by atoms with Crippen LogP contribution in [0.4, 0.5) is 9.59 Å². The first-order chi connectivity index (χ1) is 12.6. The molecule has 0 radical (unpaired) electrons. The summed E-state index contributed by atoms with van der Waals surface area (Å²) in [6, 6.07) is 9.21. The van der Waals surface area contributed by atoms with Gasteiger partial charge in [0.05, 0.1) is 6.54 Å². The van der Waals surface area contributed by atoms with E-state index >= 15 is 0 Å². The second kappa shape index (κ2) is 6.66. The third-order valence-electron chi connectivity index (χ3n) is 4.59. The molecule has 2 amide bonds. The van der Waals surface area contributed by atoms with Crippen molar-refractivity contribution in [3.05, 3.63) is 36.2 Å². The van der Waals surface area contributed by atoms with Gasteiger partial charge in [-0.2, -0.15) is 0 Å². The quantitative estimate of drug-likeness (QED) is 0.836. The lowest BCUT2D eigenvalue weighted by atomic mass is 9.92. The minimum atomic E-state index is -0.631. The monoisotopic (exact) mass is 358 g/mol. The van der Waals surface area contributed by atoms with Gasteiger partial charge >= 0.3 is 12.2 Å². The highest BCUT2D eigenvalue weighted by atomic mass is 16.8. The Morgan fingerprint density at radius 3 is 2.65 bits per heavy atom. The van der Waals surface area contributed by atoms with Crippen LogP contribution in [0.5, 0.6) is 0 Å². The summed E-state index contributed by atoms with van der Waals surface area (Å²) < 4.78 is 15.7. The summed E-state index contributed by atoms with van der Waals surface area (Å²) >= 11 is 0. The Hall–Kier alpha value is -3.10. The van der Waals surface area contributed by atoms with Crippen molar-refractivity contribution in [2.75, 3.05) is 19.7 Å². The first-order valence-corrected chi connectivity index (χ1v) is 8.40. The van der Waals surface area contributed by atoms with Gasteiger partial charge < -0.3 is 24.1 Å². The van der Waals surface area contributed by atoms with Crippen molar-refractivity contribution >= 4 is 12.2 Å². The highest BCUT2D eigenvalue weighted by molar-refractivity contribution is 5.74. The van der Waals surface area contributed by atoms with Crippen LogP contribution in [0, 0.1) is 0 Å². The summed E-state index contributed by atoms with van der Waals surface area (Å²) in [6.45, 7) is 1.38. The van der Waals surface area contributed by atoms with Crippen molar-refractivity contribution in [2.24, 2.45) is 0 Å². The molecule has 3 heterocycles. The molecule has 2 fully saturated rings. The molecule has 0 unspecified atom stereocenters. The van der Waals surface area contributed by atoms with E-state index in [1.54, 1.807) is 4.90 Å². The average molecular weight is 358 g/mol. The maximum absolute atomic E-state index is 12.3. The Balaban J connectivity index is 1.28. The van der Waals surface area contributed by atoms with E-state index in [4.69, 9.17) is 13.9 Å². The second-order valence-electron chi connectivity index (χ2n) is 6.34. The highest BCUT2D eigenvalue weighted by Gasteiger charge is 2.45. The fourth-order valence-electron chi connectivity index (χ4n) is 3.08. The Bertz CT molecular complexity index is 798. The Kier molecular flexibility index (Phi) is 4.19. The van der Waals surface area contributed by atoms with E-state index in [0.29, 0.717) is 37.7 Å². The Morgan fingerprint density at radius 1 is 1.19 bits per heavy atom. The molecule has 0 bridgehead atoms. The van der Waals surface area contributed by atoms with Gasteiger partial charge in [-0.05, 0) is 12.1 Å². The molecule has 1 spiro atoms. The predicted octanol–water partition coefficient (Wildman–Crippen LogP) is 1.95. The van der Waals surface area contributed by atoms with E-state index in [1.165, 1.54) is 0 Å². The highest BCUT2D eigenvalue weighted by Crippen LogP contribution is 2.31. The van der Waals surface area contributed by atoms with Gasteiger partial charge in [0.2, 0.25) is 11.8 Å². The number of likely N-dealkylation sites (tertiary alicyclic amines) is 1. The number of rotatable bonds is 3. The molecule has 0 saturated carbocycles. The van der Waals surface area contributed by atoms with Crippen LogP contribution in [-0.2, 0) is 16.0 Å². The van der Waals surface area contributed by atoms with Gasteiger partial charge in [-0.1, -0.05) is 18.2 Å². The van der Waals surface area contributed by atoms with Gasteiger partial charge in [-0.15, -0.1) is 10.2 Å². The zero-order valence-electron chi connectivity index (χ0n) is 14.0. The molecular weight excluding hydrogens is 340 g/mol. The summed E-state index contributed by atoms with van der Waals surface area (Å²) in [6.07, 6.45) is 0.490. The van der Waals surface area contributed by atoms with Gasteiger partial charge in [0.1, 0.15) is 6.61 Å². The fraction of sp³-hybridized carbons (Fsp3) is 0.412. The minimum Gasteiger partial charge on any atom is -0.430 e. The van der Waals surface area contributed by atoms with Crippen LogP contribution in [0.3, 0.4) is 0 Å². The summed E-state index contributed by atoms with van der Waals surface area (Å²) in [7, 11) is 0. The number of nitrogens with zero attached hydrogens (tertiary/aromatic N) is 3. The van der Waals surface area contributed by atoms with E-state index < -0.39 is 11.8 Å². The lowest BCUT2D eigenvalue weighted by Crippen LogP contribution is -2.50. The number of urea groups is 1. The van der Waals surface area contributed by atoms with Crippen LogP contribution in [0.25, 0.3) is 11.5 Å². The molecule has 1 N–H and O–H groups in total. The number of aromatic nitrogens is 2. The standard InChI is InChI=1S/C17H18N4O5/c22-15(21-8-6-17(7-9-21)11-24-16(23)26-17)18-10-13-19-20-14(25-13)12-4-2-1-3-5-12/h1-5H,6-11H2,(H,18,22). The minimum absolute atomic E-state index is 0.151. The molecule has 2 saturated heterocycles. The summed E-state index contributed by atoms with van der Waals surface area (Å²) in [5, 5.41) is 10.7. The molecule has 9 heteroatoms. The number of benzene rings is 1. The van der Waals surface area contributed by atoms with Crippen molar-refractivity contribution in [1.29, 1.82) is 0 Å². The van der Waals surface area contributed by atoms with Gasteiger partial charge in [-0.25, -0.2) is 9.59 Å². The molecule has 136 valence electrons. The molecular formula is C17H18N4O5. The van der Waals surface area contributed by atoms with Crippen molar-refractivity contribution < 1.29 is 23.5 Å². The first kappa shape index (κ1) is 16.4. The lowest BCUT2D eigenvalue weighted by molar-refractivity contribution is 0.00928. The maximum atomic E-state index is 12.3. The largest absolute Gasteiger partial charge is 0.509 e. The van der Waals surface area contributed by atoms with Crippen molar-refractivity contribution in [1.82, 2.24) is 20.4 Å². The molecule has 2 aromatic rings. The first-order valence-electron chi connectivity index (χ1n) is 8.40. The predicted molar refractivity (Wildman–Crippen MR) is 87.9 cm³/mol. The van der Waals surface area contributed by atoms with Gasteiger partial charge in [0, 0.05) is 31.5 Å². The number of cyclic esters (lactones) is 1. The van der Waals surface area contributed by atoms with Crippen molar-refractivity contribution in [3.63, 3.8) is 0 Å². The van der Waals surface area contributed by atoms with Crippen LogP contribution >= 0.6 is 0 Å². The lowest BCUT2D eigenvalue weighted by Gasteiger charge is -2.36. The molecule has 2 aliphatic heterocycles. The zero-order chi connectivity index (χ0) is 18.0. The molecule has 9 nitrogen and oxygen atoms in total. The summed E-state index contributed by atoms with van der Waals surface area (Å²) in [5.41, 5.74) is 0.248. The fourth-order valence-corrected chi connectivity index (χ4v) is 3.08. The maximum Gasteiger partial charge on any atom is 0.509 e. The van der Waals surface area contributed by atoms with Gasteiger partial charge in [0.15, 0.2) is 5.60 Å². The average Bonchev–Trinajstić information content (AvgIpc) is 3.28. The van der Waals surface area contributed by atoms with Gasteiger partial charge in [-0.3, -0.25) is 0 Å². The number of nitrogens with one attached hydrogen (secondary N) is 1. The molecule has 0 atom stereocenters. The third-order valence-corrected chi connectivity index (χ3v) is 4.59. The third kappa shape index (κ3) is 3.32. The second-order valence-corrected chi connectivity index (χ2v) is 6.34. The number of hydrogen-bond acceptors (Lipinski definition) is 7. The molecule has 26 heavy (non-hydrogen) atoms. The van der Waals surface area contributed by atoms with E-state index in [-0.39, 0.29) is 19.2 Å². The van der Waals surface area contributed by atoms with Crippen LogP contribution in [0.2, 0.25) is 0 Å². The van der Waals surface area contributed by atoms with E-state index in [1.807, 2.05) is 30.3 Å². The van der Waals surface area contributed by atoms with Crippen molar-refractivity contribution in [2.45, 2.75) is 25.0 Å². The Morgan fingerprint density at radius 2 is 1.96 bits per heavy atom. The molecule has 1 aromatic carbocycles. The van der Waals surface area contributed by atoms with Crippen LogP contribution in [0.15, 0.2) is 34.7 Å².